The Bertz CT molecular complexity index is 802. The molecule has 0 bridgehead atoms. The Balaban J connectivity index is 1.91. The summed E-state index contributed by atoms with van der Waals surface area (Å²) in [5.41, 5.74) is 0.400. The summed E-state index contributed by atoms with van der Waals surface area (Å²) in [6.45, 7) is 1.83. The number of benzene rings is 2. The van der Waals surface area contributed by atoms with Crippen LogP contribution in [0.1, 0.15) is 31.7 Å². The van der Waals surface area contributed by atoms with E-state index in [0.717, 1.165) is 12.8 Å². The van der Waals surface area contributed by atoms with Gasteiger partial charge in [-0.05, 0) is 24.6 Å². The quantitative estimate of drug-likeness (QED) is 0.222. The second-order valence-electron chi connectivity index (χ2n) is 5.58. The molecule has 0 saturated heterocycles. The molecule has 27 heavy (non-hydrogen) atoms. The average Bonchev–Trinajstić information content (AvgIpc) is 2.66. The molecular formula is C19H19NO7. The van der Waals surface area contributed by atoms with Crippen molar-refractivity contribution in [2.75, 3.05) is 0 Å². The highest BCUT2D eigenvalue weighted by Gasteiger charge is 2.13. The van der Waals surface area contributed by atoms with Crippen molar-refractivity contribution in [1.82, 2.24) is 0 Å². The van der Waals surface area contributed by atoms with Crippen LogP contribution in [0, 0.1) is 10.1 Å². The van der Waals surface area contributed by atoms with Crippen LogP contribution in [0.25, 0.3) is 0 Å². The zero-order valence-electron chi connectivity index (χ0n) is 14.8. The molecular weight excluding hydrogens is 354 g/mol. The van der Waals surface area contributed by atoms with E-state index in [9.17, 15) is 19.7 Å². The monoisotopic (exact) mass is 373 g/mol. The molecule has 0 amide bonds. The molecule has 0 fully saturated rings. The van der Waals surface area contributed by atoms with Gasteiger partial charge in [0.25, 0.3) is 5.69 Å². The maximum atomic E-state index is 11.8. The molecule has 0 aliphatic carbocycles. The molecule has 0 radical (unpaired) electrons. The molecule has 0 spiro atoms. The lowest BCUT2D eigenvalue weighted by Gasteiger charge is -2.10. The minimum atomic E-state index is -0.976. The fraction of sp³-hybridized carbons (Fsp3) is 0.263. The van der Waals surface area contributed by atoms with Crippen LogP contribution in [0.3, 0.4) is 0 Å². The van der Waals surface area contributed by atoms with E-state index in [0.29, 0.717) is 17.7 Å². The van der Waals surface area contributed by atoms with Gasteiger partial charge in [0.15, 0.2) is 0 Å². The van der Waals surface area contributed by atoms with E-state index >= 15 is 0 Å². The Morgan fingerprint density at radius 2 is 1.74 bits per heavy atom. The van der Waals surface area contributed by atoms with Crippen molar-refractivity contribution >= 4 is 17.8 Å². The van der Waals surface area contributed by atoms with Crippen LogP contribution in [-0.4, -0.2) is 17.0 Å². The largest absolute Gasteiger partial charge is 0.514 e. The lowest BCUT2D eigenvalue weighted by molar-refractivity contribution is -0.384. The summed E-state index contributed by atoms with van der Waals surface area (Å²) in [6.07, 6.45) is 0.956. The minimum absolute atomic E-state index is 0.116. The molecule has 0 aliphatic heterocycles. The van der Waals surface area contributed by atoms with Gasteiger partial charge in [0, 0.05) is 24.1 Å². The van der Waals surface area contributed by atoms with Gasteiger partial charge in [-0.3, -0.25) is 14.9 Å². The van der Waals surface area contributed by atoms with Crippen LogP contribution in [0.2, 0.25) is 0 Å². The Kier molecular flexibility index (Phi) is 7.30. The second-order valence-corrected chi connectivity index (χ2v) is 5.58. The summed E-state index contributed by atoms with van der Waals surface area (Å²) in [5, 5.41) is 10.6. The number of rotatable bonds is 8. The zero-order chi connectivity index (χ0) is 19.6. The third-order valence-electron chi connectivity index (χ3n) is 3.53. The highest BCUT2D eigenvalue weighted by molar-refractivity contribution is 5.72. The van der Waals surface area contributed by atoms with E-state index in [4.69, 9.17) is 14.2 Å². The maximum absolute atomic E-state index is 11.8. The predicted octanol–water partition coefficient (Wildman–Crippen LogP) is 4.41. The smallest absolute Gasteiger partial charge is 0.429 e. The lowest BCUT2D eigenvalue weighted by atomic mass is 10.2. The van der Waals surface area contributed by atoms with Crippen LogP contribution in [0.15, 0.2) is 48.5 Å². The van der Waals surface area contributed by atoms with Crippen molar-refractivity contribution in [2.24, 2.45) is 0 Å². The number of nitro benzene ring substituents is 1. The number of nitrogens with zero attached hydrogens (tertiary/aromatic N) is 1. The molecule has 2 aromatic carbocycles. The molecule has 0 saturated carbocycles. The van der Waals surface area contributed by atoms with Crippen LogP contribution in [0.5, 0.6) is 11.5 Å². The highest BCUT2D eigenvalue weighted by Crippen LogP contribution is 2.21. The number of nitro groups is 1. The van der Waals surface area contributed by atoms with Gasteiger partial charge in [-0.15, -0.1) is 0 Å². The van der Waals surface area contributed by atoms with Crippen molar-refractivity contribution < 1.29 is 28.7 Å². The van der Waals surface area contributed by atoms with Crippen LogP contribution < -0.4 is 9.47 Å². The number of hydrogen-bond acceptors (Lipinski definition) is 7. The van der Waals surface area contributed by atoms with Gasteiger partial charge in [-0.2, -0.15) is 0 Å². The normalized spacial score (nSPS) is 10.1. The molecule has 0 atom stereocenters. The zero-order valence-corrected chi connectivity index (χ0v) is 14.8. The van der Waals surface area contributed by atoms with E-state index in [1.54, 1.807) is 24.3 Å². The molecule has 2 rings (SSSR count). The summed E-state index contributed by atoms with van der Waals surface area (Å²) in [4.78, 5) is 33.6. The number of non-ortho nitro benzene ring substituents is 1. The average molecular weight is 373 g/mol. The Morgan fingerprint density at radius 3 is 2.41 bits per heavy atom. The molecule has 0 aliphatic rings. The Hall–Kier alpha value is -3.42. The van der Waals surface area contributed by atoms with Gasteiger partial charge in [-0.25, -0.2) is 4.79 Å². The standard InChI is InChI=1S/C19H19NO7/c1-2-3-8-18(21)27-17-7-5-4-6-14(17)13-25-19(22)26-16-11-9-15(10-12-16)20(23)24/h4-7,9-12H,2-3,8,13H2,1H3. The van der Waals surface area contributed by atoms with Crippen molar-refractivity contribution in [3.8, 4) is 11.5 Å². The molecule has 142 valence electrons. The number of esters is 1. The van der Waals surface area contributed by atoms with Gasteiger partial charge in [0.05, 0.1) is 4.92 Å². The summed E-state index contributed by atoms with van der Waals surface area (Å²) in [7, 11) is 0. The molecule has 8 nitrogen and oxygen atoms in total. The van der Waals surface area contributed by atoms with E-state index in [2.05, 4.69) is 0 Å². The minimum Gasteiger partial charge on any atom is -0.429 e. The van der Waals surface area contributed by atoms with E-state index in [1.807, 2.05) is 6.92 Å². The first-order valence-electron chi connectivity index (χ1n) is 8.37. The number of carbonyl (C=O) groups is 2. The van der Waals surface area contributed by atoms with Gasteiger partial charge in [0.1, 0.15) is 18.1 Å². The molecule has 0 aromatic heterocycles. The van der Waals surface area contributed by atoms with E-state index in [-0.39, 0.29) is 24.0 Å². The lowest BCUT2D eigenvalue weighted by Crippen LogP contribution is -2.12. The van der Waals surface area contributed by atoms with Gasteiger partial charge < -0.3 is 14.2 Å². The Morgan fingerprint density at radius 1 is 1.04 bits per heavy atom. The van der Waals surface area contributed by atoms with Crippen molar-refractivity contribution in [3.63, 3.8) is 0 Å². The SMILES string of the molecule is CCCCC(=O)Oc1ccccc1COC(=O)Oc1ccc([N+](=O)[O-])cc1. The van der Waals surface area contributed by atoms with E-state index in [1.165, 1.54) is 24.3 Å². The summed E-state index contributed by atoms with van der Waals surface area (Å²) in [6, 6.07) is 11.7. The first kappa shape index (κ1) is 19.9. The van der Waals surface area contributed by atoms with Gasteiger partial charge >= 0.3 is 12.1 Å². The number of ether oxygens (including phenoxy) is 3. The molecule has 0 unspecified atom stereocenters. The van der Waals surface area contributed by atoms with Crippen LogP contribution >= 0.6 is 0 Å². The number of carbonyl (C=O) groups excluding carboxylic acids is 2. The third kappa shape index (κ3) is 6.43. The molecule has 8 heteroatoms. The first-order valence-corrected chi connectivity index (χ1v) is 8.37. The molecule has 0 N–H and O–H groups in total. The van der Waals surface area contributed by atoms with Crippen molar-refractivity contribution in [3.05, 3.63) is 64.2 Å². The first-order chi connectivity index (χ1) is 13.0. The summed E-state index contributed by atoms with van der Waals surface area (Å²) in [5.74, 6) is 0.0874. The molecule has 0 heterocycles. The third-order valence-corrected chi connectivity index (χ3v) is 3.53. The number of hydrogen-bond donors (Lipinski definition) is 0. The van der Waals surface area contributed by atoms with Gasteiger partial charge in [-0.1, -0.05) is 31.5 Å². The fourth-order valence-corrected chi connectivity index (χ4v) is 2.12. The summed E-state index contributed by atoms with van der Waals surface area (Å²) >= 11 is 0. The van der Waals surface area contributed by atoms with Crippen LogP contribution in [-0.2, 0) is 16.1 Å². The van der Waals surface area contributed by atoms with Crippen LogP contribution in [0.4, 0.5) is 10.5 Å². The topological polar surface area (TPSA) is 105 Å². The maximum Gasteiger partial charge on any atom is 0.514 e. The summed E-state index contributed by atoms with van der Waals surface area (Å²) < 4.78 is 15.3. The molecule has 2 aromatic rings. The number of unbranched alkanes of at least 4 members (excludes halogenated alkanes) is 1. The highest BCUT2D eigenvalue weighted by atomic mass is 16.7. The van der Waals surface area contributed by atoms with Gasteiger partial charge in [0.2, 0.25) is 0 Å². The Labute approximate surface area is 155 Å². The van der Waals surface area contributed by atoms with E-state index < -0.39 is 11.1 Å². The fourth-order valence-electron chi connectivity index (χ4n) is 2.12. The second kappa shape index (κ2) is 9.91. The predicted molar refractivity (Wildman–Crippen MR) is 95.5 cm³/mol. The van der Waals surface area contributed by atoms with Crippen molar-refractivity contribution in [2.45, 2.75) is 32.8 Å². The number of para-hydroxylation sites is 1. The van der Waals surface area contributed by atoms with Crippen molar-refractivity contribution in [1.29, 1.82) is 0 Å².